The molecule has 0 bridgehead atoms. The lowest BCUT2D eigenvalue weighted by Gasteiger charge is -2.05. The van der Waals surface area contributed by atoms with E-state index in [1.807, 2.05) is 66.9 Å². The Morgan fingerprint density at radius 1 is 1.20 bits per heavy atom. The van der Waals surface area contributed by atoms with E-state index >= 15 is 0 Å². The van der Waals surface area contributed by atoms with Crippen LogP contribution in [0.3, 0.4) is 0 Å². The summed E-state index contributed by atoms with van der Waals surface area (Å²) in [6, 6.07) is 17.3. The molecule has 0 aliphatic heterocycles. The lowest BCUT2D eigenvalue weighted by molar-refractivity contribution is -0.112. The van der Waals surface area contributed by atoms with Gasteiger partial charge in [0.15, 0.2) is 5.13 Å². The van der Waals surface area contributed by atoms with Gasteiger partial charge in [-0.3, -0.25) is 10.1 Å². The second-order valence-corrected chi connectivity index (χ2v) is 7.66. The summed E-state index contributed by atoms with van der Waals surface area (Å²) < 4.78 is 5.63. The first-order chi connectivity index (χ1) is 14.6. The van der Waals surface area contributed by atoms with Gasteiger partial charge >= 0.3 is 0 Å². The van der Waals surface area contributed by atoms with Gasteiger partial charge in [-0.05, 0) is 37.1 Å². The summed E-state index contributed by atoms with van der Waals surface area (Å²) in [6.07, 6.45) is 3.63. The summed E-state index contributed by atoms with van der Waals surface area (Å²) in [5.74, 6) is 0.292. The second kappa shape index (κ2) is 10.4. The molecule has 1 N–H and O–H groups in total. The predicted octanol–water partition coefficient (Wildman–Crippen LogP) is 5.84. The van der Waals surface area contributed by atoms with Gasteiger partial charge in [0, 0.05) is 10.9 Å². The number of thiazole rings is 1. The molecule has 6 heteroatoms. The highest BCUT2D eigenvalue weighted by Gasteiger charge is 2.12. The van der Waals surface area contributed by atoms with Crippen LogP contribution in [0.4, 0.5) is 5.13 Å². The first-order valence-corrected chi connectivity index (χ1v) is 10.7. The van der Waals surface area contributed by atoms with Gasteiger partial charge in [-0.2, -0.15) is 5.26 Å². The number of unbranched alkanes of at least 4 members (excludes halogenated alkanes) is 1. The number of benzene rings is 2. The van der Waals surface area contributed by atoms with E-state index in [-0.39, 0.29) is 5.57 Å². The number of aromatic nitrogens is 1. The highest BCUT2D eigenvalue weighted by molar-refractivity contribution is 7.14. The normalized spacial score (nSPS) is 11.0. The minimum absolute atomic E-state index is 0.0155. The number of carbonyl (C=O) groups is 1. The van der Waals surface area contributed by atoms with Crippen molar-refractivity contribution in [2.45, 2.75) is 26.7 Å². The lowest BCUT2D eigenvalue weighted by atomic mass is 10.1. The van der Waals surface area contributed by atoms with Gasteiger partial charge in [0.1, 0.15) is 17.4 Å². The van der Waals surface area contributed by atoms with Gasteiger partial charge < -0.3 is 4.74 Å². The Morgan fingerprint density at radius 3 is 2.60 bits per heavy atom. The highest BCUT2D eigenvalue weighted by atomic mass is 32.1. The van der Waals surface area contributed by atoms with Crippen molar-refractivity contribution in [2.24, 2.45) is 0 Å². The fraction of sp³-hybridized carbons (Fsp3) is 0.208. The summed E-state index contributed by atoms with van der Waals surface area (Å²) >= 11 is 1.33. The first-order valence-electron chi connectivity index (χ1n) is 9.77. The molecule has 0 unspecified atom stereocenters. The molecule has 0 atom stereocenters. The molecule has 152 valence electrons. The van der Waals surface area contributed by atoms with Crippen molar-refractivity contribution in [3.63, 3.8) is 0 Å². The number of nitrogens with zero attached hydrogens (tertiary/aromatic N) is 2. The Morgan fingerprint density at radius 2 is 1.93 bits per heavy atom. The van der Waals surface area contributed by atoms with Crippen LogP contribution in [0.2, 0.25) is 0 Å². The molecule has 0 spiro atoms. The number of hydrogen-bond donors (Lipinski definition) is 1. The quantitative estimate of drug-likeness (QED) is 0.284. The zero-order valence-corrected chi connectivity index (χ0v) is 17.8. The monoisotopic (exact) mass is 417 g/mol. The van der Waals surface area contributed by atoms with Crippen LogP contribution in [0.25, 0.3) is 17.3 Å². The molecule has 0 radical (unpaired) electrons. The zero-order chi connectivity index (χ0) is 21.3. The van der Waals surface area contributed by atoms with Gasteiger partial charge in [-0.15, -0.1) is 11.3 Å². The maximum atomic E-state index is 12.5. The van der Waals surface area contributed by atoms with E-state index in [9.17, 15) is 10.1 Å². The first kappa shape index (κ1) is 21.3. The van der Waals surface area contributed by atoms with Crippen LogP contribution in [-0.2, 0) is 4.79 Å². The lowest BCUT2D eigenvalue weighted by Crippen LogP contribution is -2.13. The molecule has 3 aromatic rings. The standard InChI is InChI=1S/C24H23N3O2S/c1-3-4-13-29-21-11-7-18(8-12-21)14-20(15-25)23(28)27-24-26-22(16-30-24)19-9-5-17(2)6-10-19/h5-12,14,16H,3-4,13H2,1-2H3,(H,26,27,28)/b20-14+. The molecule has 0 saturated heterocycles. The summed E-state index contributed by atoms with van der Waals surface area (Å²) in [4.78, 5) is 17.0. The number of ether oxygens (including phenoxy) is 1. The average molecular weight is 418 g/mol. The topological polar surface area (TPSA) is 75.0 Å². The smallest absolute Gasteiger partial charge is 0.268 e. The van der Waals surface area contributed by atoms with Crippen molar-refractivity contribution >= 4 is 28.5 Å². The van der Waals surface area contributed by atoms with E-state index in [1.165, 1.54) is 16.9 Å². The Bertz CT molecular complexity index is 1060. The van der Waals surface area contributed by atoms with Crippen molar-refractivity contribution in [1.29, 1.82) is 5.26 Å². The molecule has 0 aliphatic rings. The fourth-order valence-electron chi connectivity index (χ4n) is 2.66. The van der Waals surface area contributed by atoms with Crippen molar-refractivity contribution in [1.82, 2.24) is 4.98 Å². The SMILES string of the molecule is CCCCOc1ccc(/C=C(\C#N)C(=O)Nc2nc(-c3ccc(C)cc3)cs2)cc1. The Kier molecular flexibility index (Phi) is 7.36. The molecule has 0 fully saturated rings. The molecule has 3 rings (SSSR count). The van der Waals surface area contributed by atoms with Crippen molar-refractivity contribution in [3.05, 3.63) is 70.6 Å². The predicted molar refractivity (Wildman–Crippen MR) is 121 cm³/mol. The van der Waals surface area contributed by atoms with E-state index in [2.05, 4.69) is 17.2 Å². The molecule has 30 heavy (non-hydrogen) atoms. The largest absolute Gasteiger partial charge is 0.494 e. The van der Waals surface area contributed by atoms with E-state index < -0.39 is 5.91 Å². The molecular formula is C24H23N3O2S. The molecule has 0 aliphatic carbocycles. The van der Waals surface area contributed by atoms with Crippen LogP contribution in [0.1, 0.15) is 30.9 Å². The summed E-state index contributed by atoms with van der Waals surface area (Å²) in [5.41, 5.74) is 3.71. The maximum Gasteiger partial charge on any atom is 0.268 e. The van der Waals surface area contributed by atoms with E-state index in [0.29, 0.717) is 11.7 Å². The molecule has 0 saturated carbocycles. The number of nitriles is 1. The summed E-state index contributed by atoms with van der Waals surface area (Å²) in [7, 11) is 0. The Hall–Kier alpha value is -3.43. The number of aryl methyl sites for hydroxylation is 1. The third-order valence-corrected chi connectivity index (χ3v) is 5.15. The average Bonchev–Trinajstić information content (AvgIpc) is 3.22. The van der Waals surface area contributed by atoms with Crippen LogP contribution in [0, 0.1) is 18.3 Å². The van der Waals surface area contributed by atoms with Gasteiger partial charge in [0.05, 0.1) is 12.3 Å². The fourth-order valence-corrected chi connectivity index (χ4v) is 3.38. The maximum absolute atomic E-state index is 12.5. The van der Waals surface area contributed by atoms with Gasteiger partial charge in [-0.1, -0.05) is 55.3 Å². The van der Waals surface area contributed by atoms with Crippen molar-refractivity contribution < 1.29 is 9.53 Å². The van der Waals surface area contributed by atoms with E-state index in [0.717, 1.165) is 35.4 Å². The molecule has 1 amide bonds. The molecular weight excluding hydrogens is 394 g/mol. The highest BCUT2D eigenvalue weighted by Crippen LogP contribution is 2.25. The van der Waals surface area contributed by atoms with Crippen LogP contribution >= 0.6 is 11.3 Å². The van der Waals surface area contributed by atoms with Crippen LogP contribution < -0.4 is 10.1 Å². The Balaban J connectivity index is 1.66. The van der Waals surface area contributed by atoms with Crippen LogP contribution in [-0.4, -0.2) is 17.5 Å². The third-order valence-electron chi connectivity index (χ3n) is 4.39. The molecule has 1 heterocycles. The number of hydrogen-bond acceptors (Lipinski definition) is 5. The van der Waals surface area contributed by atoms with Crippen LogP contribution in [0.5, 0.6) is 5.75 Å². The number of amides is 1. The summed E-state index contributed by atoms with van der Waals surface area (Å²) in [5, 5.41) is 14.5. The van der Waals surface area contributed by atoms with Crippen molar-refractivity contribution in [2.75, 3.05) is 11.9 Å². The second-order valence-electron chi connectivity index (χ2n) is 6.80. The van der Waals surface area contributed by atoms with E-state index in [1.54, 1.807) is 6.08 Å². The molecule has 5 nitrogen and oxygen atoms in total. The third kappa shape index (κ3) is 5.79. The summed E-state index contributed by atoms with van der Waals surface area (Å²) in [6.45, 7) is 4.82. The number of carbonyl (C=O) groups excluding carboxylic acids is 1. The number of nitrogens with one attached hydrogen (secondary N) is 1. The molecule has 2 aromatic carbocycles. The Labute approximate surface area is 180 Å². The van der Waals surface area contributed by atoms with E-state index in [4.69, 9.17) is 4.74 Å². The zero-order valence-electron chi connectivity index (χ0n) is 17.0. The van der Waals surface area contributed by atoms with Crippen molar-refractivity contribution in [3.8, 4) is 23.1 Å². The van der Waals surface area contributed by atoms with Gasteiger partial charge in [0.25, 0.3) is 5.91 Å². The minimum atomic E-state index is -0.481. The number of rotatable bonds is 8. The van der Waals surface area contributed by atoms with Gasteiger partial charge in [0.2, 0.25) is 0 Å². The minimum Gasteiger partial charge on any atom is -0.494 e. The van der Waals surface area contributed by atoms with Gasteiger partial charge in [-0.25, -0.2) is 4.98 Å². The molecule has 1 aromatic heterocycles. The van der Waals surface area contributed by atoms with Crippen LogP contribution in [0.15, 0.2) is 59.5 Å². The number of anilines is 1.